The Kier molecular flexibility index (Phi) is 5.04. The van der Waals surface area contributed by atoms with Gasteiger partial charge in [-0.3, -0.25) is 15.5 Å². The zero-order valence-electron chi connectivity index (χ0n) is 9.69. The Morgan fingerprint density at radius 2 is 2.22 bits per heavy atom. The number of unbranched alkanes of at least 4 members (excludes halogenated alkanes) is 1. The maximum atomic E-state index is 13.2. The van der Waals surface area contributed by atoms with Crippen LogP contribution in [0.3, 0.4) is 0 Å². The van der Waals surface area contributed by atoms with Gasteiger partial charge in [-0.25, -0.2) is 0 Å². The van der Waals surface area contributed by atoms with Crippen molar-refractivity contribution in [2.24, 2.45) is 5.73 Å². The Bertz CT molecular complexity index is 451. The molecule has 1 aromatic rings. The number of halogens is 1. The van der Waals surface area contributed by atoms with Gasteiger partial charge in [0.2, 0.25) is 5.82 Å². The van der Waals surface area contributed by atoms with Crippen LogP contribution in [0.15, 0.2) is 18.2 Å². The van der Waals surface area contributed by atoms with E-state index < -0.39 is 16.4 Å². The molecule has 6 nitrogen and oxygen atoms in total. The summed E-state index contributed by atoms with van der Waals surface area (Å²) in [5.74, 6) is -0.543. The predicted octanol–water partition coefficient (Wildman–Crippen LogP) is 2.22. The fourth-order valence-corrected chi connectivity index (χ4v) is 1.33. The molecule has 7 heteroatoms. The summed E-state index contributed by atoms with van der Waals surface area (Å²) in [7, 11) is 0. The van der Waals surface area contributed by atoms with Crippen LogP contribution < -0.4 is 10.5 Å². The highest BCUT2D eigenvalue weighted by Gasteiger charge is 2.13. The summed E-state index contributed by atoms with van der Waals surface area (Å²) >= 11 is 0. The number of nitro groups is 1. The van der Waals surface area contributed by atoms with Gasteiger partial charge in [-0.2, -0.15) is 4.39 Å². The number of ether oxygens (including phenoxy) is 1. The van der Waals surface area contributed by atoms with Gasteiger partial charge in [-0.15, -0.1) is 0 Å². The summed E-state index contributed by atoms with van der Waals surface area (Å²) in [6.07, 6.45) is 1.89. The Morgan fingerprint density at radius 3 is 2.78 bits per heavy atom. The summed E-state index contributed by atoms with van der Waals surface area (Å²) in [4.78, 5) is 9.60. The van der Waals surface area contributed by atoms with E-state index >= 15 is 0 Å². The number of benzene rings is 1. The lowest BCUT2D eigenvalue weighted by Gasteiger charge is -2.05. The molecule has 98 valence electrons. The molecule has 0 bridgehead atoms. The first-order valence-corrected chi connectivity index (χ1v) is 5.40. The third kappa shape index (κ3) is 4.36. The van der Waals surface area contributed by atoms with E-state index in [2.05, 4.69) is 0 Å². The second-order valence-electron chi connectivity index (χ2n) is 3.70. The third-order valence-corrected chi connectivity index (χ3v) is 2.23. The summed E-state index contributed by atoms with van der Waals surface area (Å²) in [5, 5.41) is 17.4. The Morgan fingerprint density at radius 1 is 1.50 bits per heavy atom. The molecule has 0 amide bonds. The van der Waals surface area contributed by atoms with Crippen LogP contribution in [0.2, 0.25) is 0 Å². The van der Waals surface area contributed by atoms with E-state index in [0.717, 1.165) is 12.1 Å². The summed E-state index contributed by atoms with van der Waals surface area (Å²) < 4.78 is 18.4. The molecule has 0 aliphatic rings. The molecule has 0 spiro atoms. The van der Waals surface area contributed by atoms with E-state index in [1.807, 2.05) is 0 Å². The number of nitrogens with zero attached hydrogens (tertiary/aromatic N) is 1. The molecule has 3 N–H and O–H groups in total. The number of nitrogens with two attached hydrogens (primary N) is 1. The molecule has 1 rings (SSSR count). The highest BCUT2D eigenvalue weighted by Crippen LogP contribution is 2.22. The van der Waals surface area contributed by atoms with Gasteiger partial charge in [0.15, 0.2) is 0 Å². The van der Waals surface area contributed by atoms with Gasteiger partial charge in [0.05, 0.1) is 17.4 Å². The van der Waals surface area contributed by atoms with Crippen LogP contribution in [0.1, 0.15) is 19.3 Å². The van der Waals surface area contributed by atoms with Crippen molar-refractivity contribution in [3.63, 3.8) is 0 Å². The van der Waals surface area contributed by atoms with Crippen molar-refractivity contribution in [2.75, 3.05) is 6.61 Å². The first-order valence-electron chi connectivity index (χ1n) is 5.40. The number of hydrogen-bond donors (Lipinski definition) is 2. The van der Waals surface area contributed by atoms with E-state index in [1.54, 1.807) is 0 Å². The van der Waals surface area contributed by atoms with Crippen molar-refractivity contribution in [1.82, 2.24) is 0 Å². The SMILES string of the molecule is N=C(N)CCCCOc1ccc([N+](=O)[O-])c(F)c1. The standard InChI is InChI=1S/C11H14FN3O3/c12-9-7-8(4-5-10(9)15(16)17)18-6-2-1-3-11(13)14/h4-5,7H,1-3,6H2,(H3,13,14). The molecule has 0 fully saturated rings. The summed E-state index contributed by atoms with van der Waals surface area (Å²) in [5.41, 5.74) is 4.61. The molecule has 0 saturated heterocycles. The first-order chi connectivity index (χ1) is 8.50. The third-order valence-electron chi connectivity index (χ3n) is 2.23. The molecule has 0 aromatic heterocycles. The minimum Gasteiger partial charge on any atom is -0.493 e. The maximum Gasteiger partial charge on any atom is 0.305 e. The highest BCUT2D eigenvalue weighted by atomic mass is 19.1. The molecule has 0 aliphatic heterocycles. The van der Waals surface area contributed by atoms with Gasteiger partial charge in [0, 0.05) is 18.6 Å². The average molecular weight is 255 g/mol. The van der Waals surface area contributed by atoms with Crippen LogP contribution in [0, 0.1) is 21.3 Å². The van der Waals surface area contributed by atoms with Gasteiger partial charge < -0.3 is 10.5 Å². The van der Waals surface area contributed by atoms with Gasteiger partial charge in [0.1, 0.15) is 5.75 Å². The molecular formula is C11H14FN3O3. The number of rotatable bonds is 7. The summed E-state index contributed by atoms with van der Waals surface area (Å²) in [6.45, 7) is 0.352. The summed E-state index contributed by atoms with van der Waals surface area (Å²) in [6, 6.07) is 3.41. The molecule has 1 aromatic carbocycles. The van der Waals surface area contributed by atoms with E-state index in [1.165, 1.54) is 6.07 Å². The normalized spacial score (nSPS) is 10.1. The molecule has 0 heterocycles. The quantitative estimate of drug-likeness (QED) is 0.256. The van der Waals surface area contributed by atoms with E-state index in [9.17, 15) is 14.5 Å². The topological polar surface area (TPSA) is 102 Å². The van der Waals surface area contributed by atoms with Crippen LogP contribution in [0.5, 0.6) is 5.75 Å². The second-order valence-corrected chi connectivity index (χ2v) is 3.70. The smallest absolute Gasteiger partial charge is 0.305 e. The van der Waals surface area contributed by atoms with Gasteiger partial charge in [-0.1, -0.05) is 0 Å². The Balaban J connectivity index is 2.42. The van der Waals surface area contributed by atoms with Crippen LogP contribution in [-0.4, -0.2) is 17.4 Å². The second kappa shape index (κ2) is 6.53. The molecule has 0 radical (unpaired) electrons. The molecule has 18 heavy (non-hydrogen) atoms. The number of hydrogen-bond acceptors (Lipinski definition) is 4. The van der Waals surface area contributed by atoms with Crippen LogP contribution in [-0.2, 0) is 0 Å². The number of amidine groups is 1. The minimum atomic E-state index is -0.916. The number of nitro benzene ring substituents is 1. The zero-order chi connectivity index (χ0) is 13.5. The van der Waals surface area contributed by atoms with E-state index in [-0.39, 0.29) is 11.6 Å². The molecule has 0 atom stereocenters. The fourth-order valence-electron chi connectivity index (χ4n) is 1.33. The molecule has 0 aliphatic carbocycles. The lowest BCUT2D eigenvalue weighted by Crippen LogP contribution is -2.09. The number of nitrogens with one attached hydrogen (secondary N) is 1. The highest BCUT2D eigenvalue weighted by molar-refractivity contribution is 5.76. The van der Waals surface area contributed by atoms with E-state index in [0.29, 0.717) is 25.9 Å². The van der Waals surface area contributed by atoms with Crippen LogP contribution >= 0.6 is 0 Å². The zero-order valence-corrected chi connectivity index (χ0v) is 9.69. The van der Waals surface area contributed by atoms with Crippen molar-refractivity contribution in [3.8, 4) is 5.75 Å². The van der Waals surface area contributed by atoms with Gasteiger partial charge >= 0.3 is 5.69 Å². The van der Waals surface area contributed by atoms with Crippen molar-refractivity contribution >= 4 is 11.5 Å². The van der Waals surface area contributed by atoms with Crippen molar-refractivity contribution in [2.45, 2.75) is 19.3 Å². The maximum absolute atomic E-state index is 13.2. The van der Waals surface area contributed by atoms with Crippen LogP contribution in [0.25, 0.3) is 0 Å². The molecular weight excluding hydrogens is 241 g/mol. The Labute approximate surface area is 103 Å². The molecule has 0 saturated carbocycles. The largest absolute Gasteiger partial charge is 0.493 e. The van der Waals surface area contributed by atoms with E-state index in [4.69, 9.17) is 15.9 Å². The fraction of sp³-hybridized carbons (Fsp3) is 0.364. The van der Waals surface area contributed by atoms with Crippen molar-refractivity contribution < 1.29 is 14.1 Å². The monoisotopic (exact) mass is 255 g/mol. The Hall–Kier alpha value is -2.18. The lowest BCUT2D eigenvalue weighted by molar-refractivity contribution is -0.387. The predicted molar refractivity (Wildman–Crippen MR) is 64.3 cm³/mol. The van der Waals surface area contributed by atoms with Crippen molar-refractivity contribution in [1.29, 1.82) is 5.41 Å². The molecule has 0 unspecified atom stereocenters. The first kappa shape index (κ1) is 13.9. The van der Waals surface area contributed by atoms with Crippen molar-refractivity contribution in [3.05, 3.63) is 34.1 Å². The lowest BCUT2D eigenvalue weighted by atomic mass is 10.2. The van der Waals surface area contributed by atoms with Crippen LogP contribution in [0.4, 0.5) is 10.1 Å². The average Bonchev–Trinajstić information content (AvgIpc) is 2.27. The minimum absolute atomic E-state index is 0.122. The van der Waals surface area contributed by atoms with Gasteiger partial charge in [0.25, 0.3) is 0 Å². The van der Waals surface area contributed by atoms with Gasteiger partial charge in [-0.05, 0) is 18.9 Å².